The summed E-state index contributed by atoms with van der Waals surface area (Å²) < 4.78 is 39.6. The molecule has 3 aromatic rings. The van der Waals surface area contributed by atoms with Crippen molar-refractivity contribution in [2.45, 2.75) is 108 Å². The predicted molar refractivity (Wildman–Crippen MR) is 213 cm³/mol. The largest absolute Gasteiger partial charge is 0.471 e. The van der Waals surface area contributed by atoms with Crippen LogP contribution in [0.4, 0.5) is 4.79 Å². The van der Waals surface area contributed by atoms with Crippen LogP contribution in [0.5, 0.6) is 5.88 Å². The molecule has 0 unspecified atom stereocenters. The van der Waals surface area contributed by atoms with Crippen molar-refractivity contribution in [3.63, 3.8) is 0 Å². The van der Waals surface area contributed by atoms with Crippen LogP contribution in [0.1, 0.15) is 73.1 Å². The summed E-state index contributed by atoms with van der Waals surface area (Å²) in [6.07, 6.45) is 1.88. The van der Waals surface area contributed by atoms with Crippen molar-refractivity contribution in [2.24, 2.45) is 5.92 Å². The molecule has 1 aliphatic heterocycles. The molecule has 0 bridgehead atoms. The molecular weight excluding hydrogens is 773 g/mol. The average molecular weight is 821 g/mol. The van der Waals surface area contributed by atoms with Crippen molar-refractivity contribution in [1.29, 1.82) is 0 Å². The van der Waals surface area contributed by atoms with Gasteiger partial charge in [0.25, 0.3) is 5.91 Å². The molecule has 0 spiro atoms. The number of carbonyl (C=O) groups is 5. The Morgan fingerprint density at radius 2 is 1.77 bits per heavy atom. The van der Waals surface area contributed by atoms with Crippen LogP contribution in [0.2, 0.25) is 0 Å². The number of ether oxygens (including phenoxy) is 2. The molecule has 3 aliphatic rings. The third kappa shape index (κ3) is 9.87. The number of aromatic nitrogens is 2. The van der Waals surface area contributed by atoms with Gasteiger partial charge in [0.05, 0.1) is 27.7 Å². The highest BCUT2D eigenvalue weighted by Gasteiger charge is 2.62. The van der Waals surface area contributed by atoms with E-state index in [1.54, 1.807) is 40.7 Å². The number of benzene rings is 1. The van der Waals surface area contributed by atoms with Crippen LogP contribution in [0.25, 0.3) is 21.6 Å². The van der Waals surface area contributed by atoms with E-state index in [-0.39, 0.29) is 43.9 Å². The minimum Gasteiger partial charge on any atom is -0.471 e. The van der Waals surface area contributed by atoms with Gasteiger partial charge in [-0.05, 0) is 90.0 Å². The molecule has 2 aromatic heterocycles. The number of para-hydroxylation sites is 2. The predicted octanol–water partition coefficient (Wildman–Crippen LogP) is 4.58. The van der Waals surface area contributed by atoms with Crippen LogP contribution >= 0.6 is 11.3 Å². The first-order valence-corrected chi connectivity index (χ1v) is 21.3. The Bertz CT molecular complexity index is 2210. The maximum absolute atomic E-state index is 14.6. The van der Waals surface area contributed by atoms with Gasteiger partial charge in [0.1, 0.15) is 35.0 Å². The number of alkyl carbamates (subject to hydrolysis) is 1. The topological polar surface area (TPSA) is 203 Å². The van der Waals surface area contributed by atoms with Crippen LogP contribution in [-0.2, 0) is 33.9 Å². The molecule has 4 amide bonds. The summed E-state index contributed by atoms with van der Waals surface area (Å²) in [6, 6.07) is 8.47. The van der Waals surface area contributed by atoms with Crippen LogP contribution < -0.4 is 20.1 Å². The van der Waals surface area contributed by atoms with E-state index in [1.807, 2.05) is 35.7 Å². The number of thiophene rings is 1. The smallest absolute Gasteiger partial charge is 0.408 e. The minimum atomic E-state index is -3.94. The lowest BCUT2D eigenvalue weighted by Gasteiger charge is -2.30. The molecule has 57 heavy (non-hydrogen) atoms. The van der Waals surface area contributed by atoms with Crippen molar-refractivity contribution in [3.05, 3.63) is 66.1 Å². The number of amides is 4. The van der Waals surface area contributed by atoms with E-state index in [4.69, 9.17) is 19.4 Å². The van der Waals surface area contributed by atoms with Crippen LogP contribution in [0, 0.1) is 5.92 Å². The Hall–Kier alpha value is -5.16. The van der Waals surface area contributed by atoms with E-state index in [1.165, 1.54) is 28.4 Å². The highest BCUT2D eigenvalue weighted by molar-refractivity contribution is 7.91. The molecule has 3 fully saturated rings. The zero-order valence-electron chi connectivity index (χ0n) is 32.6. The number of sulfonamides is 1. The molecule has 17 heteroatoms. The fourth-order valence-corrected chi connectivity index (χ4v) is 8.85. The number of rotatable bonds is 15. The van der Waals surface area contributed by atoms with E-state index in [2.05, 4.69) is 21.9 Å². The van der Waals surface area contributed by atoms with Crippen LogP contribution in [0.15, 0.2) is 66.1 Å². The summed E-state index contributed by atoms with van der Waals surface area (Å²) in [5.74, 6) is -2.96. The number of likely N-dealkylation sites (tertiary alicyclic amines) is 1. The second kappa shape index (κ2) is 16.4. The van der Waals surface area contributed by atoms with Gasteiger partial charge in [-0.1, -0.05) is 29.8 Å². The first-order chi connectivity index (χ1) is 26.9. The number of hydrogen-bond donors (Lipinski definition) is 3. The van der Waals surface area contributed by atoms with Crippen molar-refractivity contribution < 1.29 is 41.9 Å². The Balaban J connectivity index is 1.32. The summed E-state index contributed by atoms with van der Waals surface area (Å²) in [7, 11) is -3.94. The summed E-state index contributed by atoms with van der Waals surface area (Å²) in [5, 5.41) is 6.59. The molecule has 2 aliphatic carbocycles. The van der Waals surface area contributed by atoms with Gasteiger partial charge in [-0.2, -0.15) is 0 Å². The molecule has 5 atom stereocenters. The third-order valence-corrected chi connectivity index (χ3v) is 12.5. The monoisotopic (exact) mass is 820 g/mol. The summed E-state index contributed by atoms with van der Waals surface area (Å²) in [5.41, 5.74) is -0.0838. The number of nitrogens with one attached hydrogen (secondary N) is 3. The molecule has 6 rings (SSSR count). The highest BCUT2D eigenvalue weighted by atomic mass is 32.2. The van der Waals surface area contributed by atoms with E-state index in [9.17, 15) is 32.4 Å². The summed E-state index contributed by atoms with van der Waals surface area (Å²) in [6.45, 7) is 12.2. The second-order valence-corrected chi connectivity index (χ2v) is 18.8. The Morgan fingerprint density at radius 1 is 1.07 bits per heavy atom. The molecular formula is C40H48N6O9S2. The lowest BCUT2D eigenvalue weighted by atomic mass is 10.1. The number of allylic oxidation sites excluding steroid dienone is 2. The Kier molecular flexibility index (Phi) is 11.9. The zero-order chi connectivity index (χ0) is 41.3. The van der Waals surface area contributed by atoms with Crippen molar-refractivity contribution >= 4 is 62.0 Å². The lowest BCUT2D eigenvalue weighted by molar-refractivity contribution is -0.141. The van der Waals surface area contributed by atoms with E-state index in [0.29, 0.717) is 29.6 Å². The first-order valence-electron chi connectivity index (χ1n) is 18.8. The maximum atomic E-state index is 14.6. The van der Waals surface area contributed by atoms with E-state index < -0.39 is 74.3 Å². The molecule has 304 valence electrons. The first kappa shape index (κ1) is 41.5. The second-order valence-electron chi connectivity index (χ2n) is 15.9. The van der Waals surface area contributed by atoms with Gasteiger partial charge >= 0.3 is 6.09 Å². The van der Waals surface area contributed by atoms with Gasteiger partial charge < -0.3 is 25.0 Å². The third-order valence-electron chi connectivity index (χ3n) is 9.79. The van der Waals surface area contributed by atoms with Crippen molar-refractivity contribution in [1.82, 2.24) is 30.2 Å². The number of ketones is 1. The van der Waals surface area contributed by atoms with Gasteiger partial charge in [0.2, 0.25) is 27.7 Å². The number of carbonyl (C=O) groups excluding carboxylic acids is 5. The van der Waals surface area contributed by atoms with Gasteiger partial charge in [0.15, 0.2) is 5.78 Å². The SMILES string of the molecule is C=C[C@@H]1C[C@]1(NC(=O)[C@@H]1C[C@@H](Oc2nc3ccccc3nc2-c2cccs2)CN1C(=O)[C@H](CCC(=O)C=C(C)C)NC(=O)OC(C)(C)C)C(=O)NS(=O)(=O)C1CC1. The Morgan fingerprint density at radius 3 is 2.37 bits per heavy atom. The summed E-state index contributed by atoms with van der Waals surface area (Å²) in [4.78, 5) is 80.1. The lowest BCUT2D eigenvalue weighted by Crippen LogP contribution is -2.58. The molecule has 3 heterocycles. The fraction of sp³-hybridized carbons (Fsp3) is 0.475. The zero-order valence-corrected chi connectivity index (χ0v) is 34.2. The summed E-state index contributed by atoms with van der Waals surface area (Å²) >= 11 is 1.44. The van der Waals surface area contributed by atoms with Crippen molar-refractivity contribution in [3.8, 4) is 16.5 Å². The molecule has 1 saturated heterocycles. The van der Waals surface area contributed by atoms with Gasteiger partial charge in [-0.3, -0.25) is 23.9 Å². The normalized spacial score (nSPS) is 22.2. The van der Waals surface area contributed by atoms with Crippen molar-refractivity contribution in [2.75, 3.05) is 6.54 Å². The number of fused-ring (bicyclic) bond motifs is 1. The standard InChI is InChI=1S/C40H48N6O9S2/c1-7-24-21-40(24,37(50)45-57(52,53)27-15-16-27)44-34(48)31-20-26(54-35-33(32-13-10-18-56-32)41-28-11-8-9-12-29(28)42-35)22-46(31)36(49)30(17-14-25(47)19-23(2)3)43-38(51)55-39(4,5)6/h7-13,18-19,24,26-27,30-31H,1,14-17,20-22H2,2-6H3,(H,43,51)(H,44,48)(H,45,50)/t24-,26-,30+,31+,40-/m1/s1. The van der Waals surface area contributed by atoms with Crippen LogP contribution in [0.3, 0.4) is 0 Å². The fourth-order valence-electron chi connectivity index (χ4n) is 6.78. The number of hydrogen-bond acceptors (Lipinski definition) is 12. The molecule has 1 aromatic carbocycles. The highest BCUT2D eigenvalue weighted by Crippen LogP contribution is 2.45. The van der Waals surface area contributed by atoms with Gasteiger partial charge in [-0.15, -0.1) is 17.9 Å². The van der Waals surface area contributed by atoms with Gasteiger partial charge in [-0.25, -0.2) is 23.2 Å². The Labute approximate surface area is 335 Å². The number of nitrogens with zero attached hydrogens (tertiary/aromatic N) is 3. The molecule has 3 N–H and O–H groups in total. The minimum absolute atomic E-state index is 0.0668. The molecule has 15 nitrogen and oxygen atoms in total. The van der Waals surface area contributed by atoms with E-state index >= 15 is 0 Å². The quantitative estimate of drug-likeness (QED) is 0.143. The van der Waals surface area contributed by atoms with Gasteiger partial charge in [0, 0.05) is 18.8 Å². The van der Waals surface area contributed by atoms with Crippen LogP contribution in [-0.4, -0.2) is 94.0 Å². The maximum Gasteiger partial charge on any atom is 0.408 e. The van der Waals surface area contributed by atoms with E-state index in [0.717, 1.165) is 10.5 Å². The molecule has 0 radical (unpaired) electrons. The molecule has 2 saturated carbocycles. The average Bonchev–Trinajstić information content (AvgIpc) is 4.00.